The SMILES string of the molecule is CCC(=NNC(=O)c1ccc(C)c(C)c1)c1ccc(Cl)cc1. The molecule has 0 fully saturated rings. The van der Waals surface area contributed by atoms with E-state index in [0.29, 0.717) is 10.6 Å². The molecule has 0 aromatic heterocycles. The largest absolute Gasteiger partial charge is 0.271 e. The number of nitrogens with zero attached hydrogens (tertiary/aromatic N) is 1. The lowest BCUT2D eigenvalue weighted by molar-refractivity contribution is 0.0954. The first-order valence-electron chi connectivity index (χ1n) is 7.21. The van der Waals surface area contributed by atoms with E-state index in [9.17, 15) is 4.79 Å². The minimum atomic E-state index is -0.206. The summed E-state index contributed by atoms with van der Waals surface area (Å²) in [4.78, 5) is 12.2. The summed E-state index contributed by atoms with van der Waals surface area (Å²) in [5, 5.41) is 4.92. The van der Waals surface area contributed by atoms with Gasteiger partial charge in [-0.15, -0.1) is 0 Å². The van der Waals surface area contributed by atoms with Crippen LogP contribution < -0.4 is 5.43 Å². The lowest BCUT2D eigenvalue weighted by atomic mass is 10.1. The molecule has 4 heteroatoms. The second-order valence-electron chi connectivity index (χ2n) is 5.16. The molecule has 0 aliphatic carbocycles. The molecule has 1 N–H and O–H groups in total. The van der Waals surface area contributed by atoms with Crippen LogP contribution in [0.2, 0.25) is 5.02 Å². The zero-order chi connectivity index (χ0) is 16.1. The summed E-state index contributed by atoms with van der Waals surface area (Å²) in [6.45, 7) is 6.00. The zero-order valence-electron chi connectivity index (χ0n) is 13.0. The van der Waals surface area contributed by atoms with Gasteiger partial charge in [-0.1, -0.05) is 36.7 Å². The molecule has 0 bridgehead atoms. The average Bonchev–Trinajstić information content (AvgIpc) is 2.52. The van der Waals surface area contributed by atoms with Gasteiger partial charge in [0.15, 0.2) is 0 Å². The highest BCUT2D eigenvalue weighted by atomic mass is 35.5. The number of hydrogen-bond acceptors (Lipinski definition) is 2. The van der Waals surface area contributed by atoms with Gasteiger partial charge in [0.2, 0.25) is 0 Å². The molecule has 0 atom stereocenters. The first-order valence-corrected chi connectivity index (χ1v) is 7.59. The van der Waals surface area contributed by atoms with Gasteiger partial charge in [-0.2, -0.15) is 5.10 Å². The molecule has 3 nitrogen and oxygen atoms in total. The topological polar surface area (TPSA) is 41.5 Å². The van der Waals surface area contributed by atoms with Crippen LogP contribution in [0.4, 0.5) is 0 Å². The fourth-order valence-corrected chi connectivity index (χ4v) is 2.18. The van der Waals surface area contributed by atoms with Gasteiger partial charge in [0.1, 0.15) is 0 Å². The maximum atomic E-state index is 12.2. The minimum absolute atomic E-state index is 0.206. The Bertz CT molecular complexity index is 706. The van der Waals surface area contributed by atoms with E-state index in [1.807, 2.05) is 57.2 Å². The van der Waals surface area contributed by atoms with E-state index in [0.717, 1.165) is 28.8 Å². The van der Waals surface area contributed by atoms with E-state index in [-0.39, 0.29) is 5.91 Å². The van der Waals surface area contributed by atoms with Crippen molar-refractivity contribution >= 4 is 23.2 Å². The van der Waals surface area contributed by atoms with Crippen LogP contribution in [0.5, 0.6) is 0 Å². The number of carbonyl (C=O) groups excluding carboxylic acids is 1. The minimum Gasteiger partial charge on any atom is -0.267 e. The molecule has 0 saturated carbocycles. The number of nitrogens with one attached hydrogen (secondary N) is 1. The number of aryl methyl sites for hydroxylation is 2. The van der Waals surface area contributed by atoms with E-state index >= 15 is 0 Å². The maximum absolute atomic E-state index is 12.2. The summed E-state index contributed by atoms with van der Waals surface area (Å²) in [6, 6.07) is 13.0. The molecular formula is C18H19ClN2O. The van der Waals surface area contributed by atoms with Crippen LogP contribution in [0.3, 0.4) is 0 Å². The predicted molar refractivity (Wildman–Crippen MR) is 91.7 cm³/mol. The van der Waals surface area contributed by atoms with Crippen LogP contribution in [0.15, 0.2) is 47.6 Å². The van der Waals surface area contributed by atoms with Gasteiger partial charge in [-0.25, -0.2) is 5.43 Å². The molecule has 0 heterocycles. The Morgan fingerprint density at radius 1 is 1.05 bits per heavy atom. The Balaban J connectivity index is 2.15. The Labute approximate surface area is 136 Å². The summed E-state index contributed by atoms with van der Waals surface area (Å²) in [5.41, 5.74) is 7.25. The van der Waals surface area contributed by atoms with Crippen LogP contribution in [0.25, 0.3) is 0 Å². The second-order valence-corrected chi connectivity index (χ2v) is 5.60. The van der Waals surface area contributed by atoms with Crippen molar-refractivity contribution in [1.29, 1.82) is 0 Å². The van der Waals surface area contributed by atoms with Crippen molar-refractivity contribution in [3.05, 3.63) is 69.7 Å². The van der Waals surface area contributed by atoms with Crippen molar-refractivity contribution in [3.8, 4) is 0 Å². The molecule has 1 amide bonds. The van der Waals surface area contributed by atoms with Crippen LogP contribution in [-0.4, -0.2) is 11.6 Å². The lowest BCUT2D eigenvalue weighted by Crippen LogP contribution is -2.20. The highest BCUT2D eigenvalue weighted by Crippen LogP contribution is 2.12. The first-order chi connectivity index (χ1) is 10.5. The highest BCUT2D eigenvalue weighted by molar-refractivity contribution is 6.30. The molecule has 0 aliphatic rings. The summed E-state index contributed by atoms with van der Waals surface area (Å²) < 4.78 is 0. The van der Waals surface area contributed by atoms with Crippen molar-refractivity contribution in [2.24, 2.45) is 5.10 Å². The predicted octanol–water partition coefficient (Wildman–Crippen LogP) is 4.50. The molecule has 0 radical (unpaired) electrons. The zero-order valence-corrected chi connectivity index (χ0v) is 13.7. The Morgan fingerprint density at radius 2 is 1.68 bits per heavy atom. The van der Waals surface area contributed by atoms with Gasteiger partial charge in [0.25, 0.3) is 5.91 Å². The third kappa shape index (κ3) is 3.95. The molecule has 0 spiro atoms. The Morgan fingerprint density at radius 3 is 2.27 bits per heavy atom. The average molecular weight is 315 g/mol. The van der Waals surface area contributed by atoms with E-state index in [4.69, 9.17) is 11.6 Å². The quantitative estimate of drug-likeness (QED) is 0.655. The van der Waals surface area contributed by atoms with Gasteiger partial charge in [0, 0.05) is 10.6 Å². The molecule has 2 rings (SSSR count). The second kappa shape index (κ2) is 7.23. The van der Waals surface area contributed by atoms with Crippen LogP contribution in [0, 0.1) is 13.8 Å². The number of hydrogen-bond donors (Lipinski definition) is 1. The van der Waals surface area contributed by atoms with Gasteiger partial charge in [0.05, 0.1) is 5.71 Å². The summed E-state index contributed by atoms with van der Waals surface area (Å²) in [7, 11) is 0. The van der Waals surface area contributed by atoms with Crippen LogP contribution in [0.1, 0.15) is 40.4 Å². The van der Waals surface area contributed by atoms with Gasteiger partial charge in [-0.3, -0.25) is 4.79 Å². The molecule has 2 aromatic carbocycles. The molecule has 0 unspecified atom stereocenters. The number of rotatable bonds is 4. The summed E-state index contributed by atoms with van der Waals surface area (Å²) >= 11 is 5.89. The normalized spacial score (nSPS) is 11.4. The van der Waals surface area contributed by atoms with Gasteiger partial charge >= 0.3 is 0 Å². The number of hydrazone groups is 1. The van der Waals surface area contributed by atoms with Gasteiger partial charge in [-0.05, 0) is 61.2 Å². The standard InChI is InChI=1S/C18H19ClN2O/c1-4-17(14-7-9-16(19)10-8-14)20-21-18(22)15-6-5-12(2)13(3)11-15/h5-11H,4H2,1-3H3,(H,21,22). The maximum Gasteiger partial charge on any atom is 0.271 e. The lowest BCUT2D eigenvalue weighted by Gasteiger charge is -2.07. The van der Waals surface area contributed by atoms with Crippen molar-refractivity contribution < 1.29 is 4.79 Å². The Hall–Kier alpha value is -2.13. The van der Waals surface area contributed by atoms with E-state index in [2.05, 4.69) is 10.5 Å². The van der Waals surface area contributed by atoms with Gasteiger partial charge < -0.3 is 0 Å². The first kappa shape index (κ1) is 16.2. The number of halogens is 1. The van der Waals surface area contributed by atoms with E-state index in [1.54, 1.807) is 6.07 Å². The summed E-state index contributed by atoms with van der Waals surface area (Å²) in [6.07, 6.45) is 0.717. The van der Waals surface area contributed by atoms with Crippen LogP contribution >= 0.6 is 11.6 Å². The molecular weight excluding hydrogens is 296 g/mol. The van der Waals surface area contributed by atoms with E-state index in [1.165, 1.54) is 0 Å². The van der Waals surface area contributed by atoms with Crippen molar-refractivity contribution in [3.63, 3.8) is 0 Å². The molecule has 0 aliphatic heterocycles. The number of amides is 1. The fourth-order valence-electron chi connectivity index (χ4n) is 2.06. The molecule has 22 heavy (non-hydrogen) atoms. The van der Waals surface area contributed by atoms with Crippen molar-refractivity contribution in [2.45, 2.75) is 27.2 Å². The third-order valence-electron chi connectivity index (χ3n) is 3.57. The highest BCUT2D eigenvalue weighted by Gasteiger charge is 2.07. The molecule has 0 saturated heterocycles. The van der Waals surface area contributed by atoms with Crippen molar-refractivity contribution in [2.75, 3.05) is 0 Å². The number of carbonyl (C=O) groups is 1. The summed E-state index contributed by atoms with van der Waals surface area (Å²) in [5.74, 6) is -0.206. The third-order valence-corrected chi connectivity index (χ3v) is 3.83. The van der Waals surface area contributed by atoms with Crippen LogP contribution in [-0.2, 0) is 0 Å². The fraction of sp³-hybridized carbons (Fsp3) is 0.222. The molecule has 2 aromatic rings. The van der Waals surface area contributed by atoms with Crippen molar-refractivity contribution in [1.82, 2.24) is 5.43 Å². The molecule has 114 valence electrons. The number of benzene rings is 2. The smallest absolute Gasteiger partial charge is 0.267 e. The van der Waals surface area contributed by atoms with E-state index < -0.39 is 0 Å². The monoisotopic (exact) mass is 314 g/mol. The Kier molecular flexibility index (Phi) is 5.34.